The van der Waals surface area contributed by atoms with E-state index in [-0.39, 0.29) is 44.9 Å². The summed E-state index contributed by atoms with van der Waals surface area (Å²) in [5.41, 5.74) is 3.01. The molecule has 0 unspecified atom stereocenters. The number of aromatic amines is 1. The van der Waals surface area contributed by atoms with Crippen LogP contribution in [0.15, 0.2) is 45.7 Å². The molecule has 0 aliphatic carbocycles. The second kappa shape index (κ2) is 8.04. The Morgan fingerprint density at radius 2 is 2.00 bits per heavy atom. The van der Waals surface area contributed by atoms with Gasteiger partial charge in [0.1, 0.15) is 17.0 Å². The van der Waals surface area contributed by atoms with E-state index in [0.29, 0.717) is 24.2 Å². The van der Waals surface area contributed by atoms with E-state index < -0.39 is 25.3 Å². The van der Waals surface area contributed by atoms with Crippen molar-refractivity contribution in [2.45, 2.75) is 53.7 Å². The number of hydrogen-bond acceptors (Lipinski definition) is 10. The minimum Gasteiger partial charge on any atom is -0.370 e. The van der Waals surface area contributed by atoms with E-state index >= 15 is 0 Å². The van der Waals surface area contributed by atoms with E-state index in [1.807, 2.05) is 32.0 Å². The molecular weight excluding hydrogens is 516 g/mol. The first-order valence-corrected chi connectivity index (χ1v) is 15.0. The summed E-state index contributed by atoms with van der Waals surface area (Å²) < 4.78 is 59.3. The van der Waals surface area contributed by atoms with Crippen LogP contribution in [0.4, 0.5) is 5.82 Å². The van der Waals surface area contributed by atoms with Crippen molar-refractivity contribution in [1.29, 1.82) is 0 Å². The minimum atomic E-state index is -4.18. The lowest BCUT2D eigenvalue weighted by Gasteiger charge is -2.32. The summed E-state index contributed by atoms with van der Waals surface area (Å²) in [6.45, 7) is 4.11. The quantitative estimate of drug-likeness (QED) is 0.339. The third-order valence-corrected chi connectivity index (χ3v) is 9.55. The molecule has 0 fully saturated rings. The summed E-state index contributed by atoms with van der Waals surface area (Å²) in [5, 5.41) is 2.81. The maximum absolute atomic E-state index is 13.8. The fraction of sp³-hybridized carbons (Fsp3) is 0.333. The normalized spacial score (nSPS) is 17.3. The summed E-state index contributed by atoms with van der Waals surface area (Å²) >= 11 is 0. The van der Waals surface area contributed by atoms with Gasteiger partial charge in [0.05, 0.1) is 51.4 Å². The molecule has 0 saturated heterocycles. The predicted molar refractivity (Wildman–Crippen MR) is 135 cm³/mol. The Hall–Kier alpha value is -3.42. The molecule has 0 amide bonds. The smallest absolute Gasteiger partial charge is 0.230 e. The van der Waals surface area contributed by atoms with E-state index in [9.17, 15) is 16.8 Å². The van der Waals surface area contributed by atoms with Gasteiger partial charge in [-0.3, -0.25) is 0 Å². The zero-order chi connectivity index (χ0) is 26.2. The van der Waals surface area contributed by atoms with Gasteiger partial charge in [0.2, 0.25) is 9.84 Å². The summed E-state index contributed by atoms with van der Waals surface area (Å²) in [7, 11) is -8.03. The van der Waals surface area contributed by atoms with Crippen molar-refractivity contribution < 1.29 is 21.6 Å². The van der Waals surface area contributed by atoms with Crippen molar-refractivity contribution in [3.05, 3.63) is 47.7 Å². The first-order chi connectivity index (χ1) is 17.5. The zero-order valence-electron chi connectivity index (χ0n) is 20.4. The average Bonchev–Trinajstić information content (AvgIpc) is 3.37. The van der Waals surface area contributed by atoms with Crippen molar-refractivity contribution in [2.24, 2.45) is 0 Å². The SMILES string of the molecule is CC1(C)Cc2nc3c(c(S(C)(=O)=O)c2CO1)-c1ncnc(NCCc2ccc4nc[nH]c4c2)c1S3(=O)=O. The molecule has 37 heavy (non-hydrogen) atoms. The molecule has 11 nitrogen and oxygen atoms in total. The third-order valence-electron chi connectivity index (χ3n) is 6.63. The molecule has 2 aliphatic rings. The standard InChI is InChI=1S/C24H24N6O5S2/c1-24(2)9-17-14(10-35-24)20(36(3,31)32)18-19-21(37(33,34)23(18)30-17)22(29-12-28-19)25-7-6-13-4-5-15-16(8-13)27-11-26-15/h4-5,8,11-12H,6-7,9-10H2,1-3H3,(H,26,27)(H,25,28,29). The van der Waals surface area contributed by atoms with Crippen LogP contribution in [0.2, 0.25) is 0 Å². The largest absolute Gasteiger partial charge is 0.370 e. The topological polar surface area (TPSA) is 157 Å². The van der Waals surface area contributed by atoms with E-state index in [1.54, 1.807) is 6.33 Å². The van der Waals surface area contributed by atoms with Crippen molar-refractivity contribution in [1.82, 2.24) is 24.9 Å². The van der Waals surface area contributed by atoms with E-state index in [2.05, 4.69) is 30.2 Å². The van der Waals surface area contributed by atoms with Gasteiger partial charge >= 0.3 is 0 Å². The molecule has 5 heterocycles. The number of ether oxygens (including phenoxy) is 1. The number of sulfone groups is 2. The van der Waals surface area contributed by atoms with E-state index in [4.69, 9.17) is 4.74 Å². The van der Waals surface area contributed by atoms with Crippen LogP contribution in [0.3, 0.4) is 0 Å². The molecule has 0 bridgehead atoms. The molecule has 1 aromatic carbocycles. The number of aromatic nitrogens is 5. The van der Waals surface area contributed by atoms with Gasteiger partial charge in [0, 0.05) is 24.8 Å². The Bertz CT molecular complexity index is 1810. The fourth-order valence-corrected chi connectivity index (χ4v) is 7.88. The van der Waals surface area contributed by atoms with Crippen LogP contribution in [0.1, 0.15) is 30.7 Å². The van der Waals surface area contributed by atoms with Gasteiger partial charge in [-0.25, -0.2) is 36.8 Å². The molecule has 3 aromatic heterocycles. The molecule has 2 N–H and O–H groups in total. The predicted octanol–water partition coefficient (Wildman–Crippen LogP) is 2.47. The summed E-state index contributed by atoms with van der Waals surface area (Å²) in [6, 6.07) is 5.85. The third kappa shape index (κ3) is 3.88. The molecule has 0 saturated carbocycles. The van der Waals surface area contributed by atoms with Crippen LogP contribution < -0.4 is 5.32 Å². The Morgan fingerprint density at radius 3 is 2.78 bits per heavy atom. The highest BCUT2D eigenvalue weighted by atomic mass is 32.2. The Kier molecular flexibility index (Phi) is 5.20. The Balaban J connectivity index is 1.42. The molecule has 13 heteroatoms. The molecule has 192 valence electrons. The maximum Gasteiger partial charge on any atom is 0.230 e. The molecular formula is C24H24N6O5S2. The second-order valence-corrected chi connectivity index (χ2v) is 13.6. The molecule has 0 atom stereocenters. The van der Waals surface area contributed by atoms with Gasteiger partial charge in [-0.05, 0) is 38.0 Å². The van der Waals surface area contributed by atoms with Crippen LogP contribution in [0.25, 0.3) is 22.3 Å². The van der Waals surface area contributed by atoms with Crippen molar-refractivity contribution >= 4 is 36.5 Å². The van der Waals surface area contributed by atoms with Crippen molar-refractivity contribution in [2.75, 3.05) is 18.1 Å². The van der Waals surface area contributed by atoms with Crippen molar-refractivity contribution in [3.8, 4) is 11.3 Å². The number of hydrogen-bond donors (Lipinski definition) is 2. The number of rotatable bonds is 5. The average molecular weight is 541 g/mol. The highest BCUT2D eigenvalue weighted by Gasteiger charge is 2.45. The van der Waals surface area contributed by atoms with E-state index in [0.717, 1.165) is 22.9 Å². The van der Waals surface area contributed by atoms with Crippen LogP contribution in [-0.2, 0) is 43.9 Å². The summed E-state index contributed by atoms with van der Waals surface area (Å²) in [5.74, 6) is 0.111. The Morgan fingerprint density at radius 1 is 1.19 bits per heavy atom. The minimum absolute atomic E-state index is 0.00490. The van der Waals surface area contributed by atoms with Crippen LogP contribution >= 0.6 is 0 Å². The zero-order valence-corrected chi connectivity index (χ0v) is 22.0. The molecule has 0 spiro atoms. The van der Waals surface area contributed by atoms with Gasteiger partial charge in [0.15, 0.2) is 14.9 Å². The number of pyridine rings is 1. The number of imidazole rings is 1. The maximum atomic E-state index is 13.8. The number of nitrogens with one attached hydrogen (secondary N) is 2. The fourth-order valence-electron chi connectivity index (χ4n) is 4.95. The lowest BCUT2D eigenvalue weighted by atomic mass is 9.95. The lowest BCUT2D eigenvalue weighted by Crippen LogP contribution is -2.34. The number of H-pyrrole nitrogens is 1. The van der Waals surface area contributed by atoms with Gasteiger partial charge in [0.25, 0.3) is 0 Å². The number of nitrogens with zero attached hydrogens (tertiary/aromatic N) is 4. The monoisotopic (exact) mass is 540 g/mol. The number of fused-ring (bicyclic) bond motifs is 5. The van der Waals surface area contributed by atoms with Crippen LogP contribution in [-0.4, -0.2) is 60.2 Å². The van der Waals surface area contributed by atoms with Gasteiger partial charge in [-0.15, -0.1) is 0 Å². The highest BCUT2D eigenvalue weighted by molar-refractivity contribution is 7.92. The summed E-state index contributed by atoms with van der Waals surface area (Å²) in [4.78, 5) is 19.9. The molecule has 6 rings (SSSR count). The van der Waals surface area contributed by atoms with Gasteiger partial charge in [-0.2, -0.15) is 0 Å². The second-order valence-electron chi connectivity index (χ2n) is 9.88. The molecule has 4 aromatic rings. The summed E-state index contributed by atoms with van der Waals surface area (Å²) in [6.07, 6.45) is 4.79. The first-order valence-electron chi connectivity index (χ1n) is 11.6. The van der Waals surface area contributed by atoms with Crippen molar-refractivity contribution in [3.63, 3.8) is 0 Å². The van der Waals surface area contributed by atoms with Gasteiger partial charge < -0.3 is 15.0 Å². The lowest BCUT2D eigenvalue weighted by molar-refractivity contribution is -0.0427. The van der Waals surface area contributed by atoms with Gasteiger partial charge in [-0.1, -0.05) is 6.07 Å². The number of benzene rings is 1. The van der Waals surface area contributed by atoms with Crippen LogP contribution in [0, 0.1) is 0 Å². The number of anilines is 1. The molecule has 2 aliphatic heterocycles. The first kappa shape index (κ1) is 23.9. The highest BCUT2D eigenvalue weighted by Crippen LogP contribution is 2.49. The molecule has 0 radical (unpaired) electrons. The van der Waals surface area contributed by atoms with E-state index in [1.165, 1.54) is 6.33 Å². The Labute approximate surface area is 213 Å². The van der Waals surface area contributed by atoms with Crippen LogP contribution in [0.5, 0.6) is 0 Å².